The lowest BCUT2D eigenvalue weighted by Gasteiger charge is -2.42. The summed E-state index contributed by atoms with van der Waals surface area (Å²) in [6.45, 7) is 16.4. The van der Waals surface area contributed by atoms with Crippen LogP contribution >= 0.6 is 0 Å². The Morgan fingerprint density at radius 2 is 1.59 bits per heavy atom. The summed E-state index contributed by atoms with van der Waals surface area (Å²) in [5.41, 5.74) is 8.81. The van der Waals surface area contributed by atoms with E-state index in [2.05, 4.69) is 66.7 Å². The van der Waals surface area contributed by atoms with Gasteiger partial charge in [-0.3, -0.25) is 0 Å². The molecule has 2 aromatic carbocycles. The first-order chi connectivity index (χ1) is 14.9. The van der Waals surface area contributed by atoms with E-state index < -0.39 is 5.97 Å². The lowest BCUT2D eigenvalue weighted by molar-refractivity contribution is 0.0697. The van der Waals surface area contributed by atoms with E-state index in [0.717, 1.165) is 17.9 Å². The second kappa shape index (κ2) is 9.25. The summed E-state index contributed by atoms with van der Waals surface area (Å²) in [6.07, 6.45) is 8.13. The highest BCUT2D eigenvalue weighted by Gasteiger charge is 2.37. The largest absolute Gasteiger partial charge is 0.478 e. The summed E-state index contributed by atoms with van der Waals surface area (Å²) in [5.74, 6) is -0.166. The van der Waals surface area contributed by atoms with E-state index in [4.69, 9.17) is 0 Å². The molecule has 1 N–H and O–H groups in total. The van der Waals surface area contributed by atoms with Gasteiger partial charge < -0.3 is 5.11 Å². The van der Waals surface area contributed by atoms with Gasteiger partial charge in [-0.15, -0.1) is 0 Å². The zero-order valence-electron chi connectivity index (χ0n) is 21.0. The van der Waals surface area contributed by atoms with Crippen LogP contribution in [0.3, 0.4) is 0 Å². The Kier molecular flexibility index (Phi) is 7.03. The molecule has 172 valence electrons. The normalized spacial score (nSPS) is 18.2. The molecule has 1 atom stereocenters. The van der Waals surface area contributed by atoms with Crippen molar-refractivity contribution in [2.75, 3.05) is 0 Å². The van der Waals surface area contributed by atoms with Gasteiger partial charge in [0.1, 0.15) is 0 Å². The molecule has 1 aliphatic rings. The summed E-state index contributed by atoms with van der Waals surface area (Å²) in [4.78, 5) is 11.2. The SMILES string of the molecule is CCC(C)CCc1cc2c(cc1C(C)=Cc1ccc(C(=O)O)cc1)C(C)(C)CCC2(C)C. The van der Waals surface area contributed by atoms with Crippen molar-refractivity contribution in [3.63, 3.8) is 0 Å². The van der Waals surface area contributed by atoms with E-state index in [9.17, 15) is 9.90 Å². The Labute approximate surface area is 194 Å². The van der Waals surface area contributed by atoms with Crippen molar-refractivity contribution in [2.45, 2.75) is 91.4 Å². The van der Waals surface area contributed by atoms with Gasteiger partial charge in [0.15, 0.2) is 0 Å². The molecule has 3 rings (SSSR count). The second-order valence-electron chi connectivity index (χ2n) is 11.1. The second-order valence-corrected chi connectivity index (χ2v) is 11.1. The molecule has 0 amide bonds. The van der Waals surface area contributed by atoms with E-state index in [1.165, 1.54) is 53.5 Å². The number of aromatic carboxylic acids is 1. The van der Waals surface area contributed by atoms with Gasteiger partial charge in [-0.25, -0.2) is 4.79 Å². The Morgan fingerprint density at radius 3 is 2.12 bits per heavy atom. The molecular formula is C30H40O2. The number of allylic oxidation sites excluding steroid dienone is 1. The average Bonchev–Trinajstić information content (AvgIpc) is 2.75. The van der Waals surface area contributed by atoms with Crippen molar-refractivity contribution in [3.8, 4) is 0 Å². The van der Waals surface area contributed by atoms with Crippen molar-refractivity contribution < 1.29 is 9.90 Å². The smallest absolute Gasteiger partial charge is 0.335 e. The van der Waals surface area contributed by atoms with E-state index in [1.54, 1.807) is 12.1 Å². The van der Waals surface area contributed by atoms with E-state index in [0.29, 0.717) is 5.56 Å². The molecule has 0 bridgehead atoms. The van der Waals surface area contributed by atoms with Crippen LogP contribution in [0.5, 0.6) is 0 Å². The highest BCUT2D eigenvalue weighted by atomic mass is 16.4. The van der Waals surface area contributed by atoms with Crippen molar-refractivity contribution in [3.05, 3.63) is 69.8 Å². The van der Waals surface area contributed by atoms with Crippen LogP contribution in [0.2, 0.25) is 0 Å². The van der Waals surface area contributed by atoms with Gasteiger partial charge in [0.2, 0.25) is 0 Å². The van der Waals surface area contributed by atoms with E-state index in [1.807, 2.05) is 12.1 Å². The van der Waals surface area contributed by atoms with Crippen LogP contribution in [-0.2, 0) is 17.3 Å². The molecule has 2 aromatic rings. The number of aryl methyl sites for hydroxylation is 1. The summed E-state index contributed by atoms with van der Waals surface area (Å²) in [7, 11) is 0. The van der Waals surface area contributed by atoms with Crippen LogP contribution in [0.15, 0.2) is 36.4 Å². The van der Waals surface area contributed by atoms with Crippen LogP contribution in [-0.4, -0.2) is 11.1 Å². The Morgan fingerprint density at radius 1 is 1.03 bits per heavy atom. The van der Waals surface area contributed by atoms with Crippen LogP contribution in [0.4, 0.5) is 0 Å². The zero-order chi connectivity index (χ0) is 23.7. The quantitative estimate of drug-likeness (QED) is 0.447. The molecule has 32 heavy (non-hydrogen) atoms. The molecule has 0 radical (unpaired) electrons. The maximum atomic E-state index is 11.2. The molecule has 0 spiro atoms. The summed E-state index contributed by atoms with van der Waals surface area (Å²) in [5, 5.41) is 9.18. The summed E-state index contributed by atoms with van der Waals surface area (Å²) in [6, 6.07) is 12.2. The fraction of sp³-hybridized carbons (Fsp3) is 0.500. The minimum atomic E-state index is -0.885. The lowest BCUT2D eigenvalue weighted by atomic mass is 9.62. The van der Waals surface area contributed by atoms with Crippen LogP contribution < -0.4 is 0 Å². The Bertz CT molecular complexity index is 1010. The predicted octanol–water partition coefficient (Wildman–Crippen LogP) is 8.27. The van der Waals surface area contributed by atoms with Gasteiger partial charge in [0.25, 0.3) is 0 Å². The molecular weight excluding hydrogens is 392 g/mol. The number of carbonyl (C=O) groups is 1. The van der Waals surface area contributed by atoms with Gasteiger partial charge in [-0.1, -0.05) is 78.3 Å². The molecule has 2 nitrogen and oxygen atoms in total. The number of hydrogen-bond acceptors (Lipinski definition) is 1. The highest BCUT2D eigenvalue weighted by Crippen LogP contribution is 2.47. The number of carboxylic acids is 1. The van der Waals surface area contributed by atoms with Crippen molar-refractivity contribution in [1.82, 2.24) is 0 Å². The minimum Gasteiger partial charge on any atom is -0.478 e. The number of benzene rings is 2. The topological polar surface area (TPSA) is 37.3 Å². The van der Waals surface area contributed by atoms with Gasteiger partial charge in [0, 0.05) is 0 Å². The summed E-state index contributed by atoms with van der Waals surface area (Å²) >= 11 is 0. The Balaban J connectivity index is 2.10. The monoisotopic (exact) mass is 432 g/mol. The van der Waals surface area contributed by atoms with Gasteiger partial charge in [0.05, 0.1) is 5.56 Å². The molecule has 0 aliphatic heterocycles. The van der Waals surface area contributed by atoms with Crippen LogP contribution in [0.25, 0.3) is 11.6 Å². The third kappa shape index (κ3) is 5.17. The van der Waals surface area contributed by atoms with Gasteiger partial charge >= 0.3 is 5.97 Å². The van der Waals surface area contributed by atoms with Crippen molar-refractivity contribution in [2.24, 2.45) is 5.92 Å². The lowest BCUT2D eigenvalue weighted by Crippen LogP contribution is -2.34. The number of hydrogen-bond donors (Lipinski definition) is 1. The van der Waals surface area contributed by atoms with Crippen molar-refractivity contribution in [1.29, 1.82) is 0 Å². The molecule has 2 heteroatoms. The molecule has 0 saturated carbocycles. The van der Waals surface area contributed by atoms with Crippen LogP contribution in [0, 0.1) is 5.92 Å². The number of carboxylic acid groups (broad SMARTS) is 1. The third-order valence-corrected chi connectivity index (χ3v) is 7.65. The maximum absolute atomic E-state index is 11.2. The Hall–Kier alpha value is -2.35. The van der Waals surface area contributed by atoms with Gasteiger partial charge in [-0.2, -0.15) is 0 Å². The molecule has 1 unspecified atom stereocenters. The number of rotatable bonds is 7. The molecule has 1 aliphatic carbocycles. The van der Waals surface area contributed by atoms with Gasteiger partial charge in [-0.05, 0) is 94.9 Å². The first kappa shape index (κ1) is 24.3. The van der Waals surface area contributed by atoms with E-state index in [-0.39, 0.29) is 10.8 Å². The highest BCUT2D eigenvalue weighted by molar-refractivity contribution is 5.88. The molecule has 0 fully saturated rings. The van der Waals surface area contributed by atoms with E-state index >= 15 is 0 Å². The first-order valence-electron chi connectivity index (χ1n) is 12.1. The first-order valence-corrected chi connectivity index (χ1v) is 12.1. The number of fused-ring (bicyclic) bond motifs is 1. The predicted molar refractivity (Wildman–Crippen MR) is 136 cm³/mol. The molecule has 0 heterocycles. The fourth-order valence-corrected chi connectivity index (χ4v) is 4.89. The standard InChI is InChI=1S/C30H40O2/c1-8-20(2)9-12-24-18-26-27(30(6,7)16-15-29(26,4)5)19-25(24)21(3)17-22-10-13-23(14-11-22)28(31)32/h10-11,13-14,17-20H,8-9,12,15-16H2,1-7H3,(H,31,32). The molecule has 0 saturated heterocycles. The zero-order valence-corrected chi connectivity index (χ0v) is 21.0. The minimum absolute atomic E-state index is 0.179. The van der Waals surface area contributed by atoms with Crippen LogP contribution in [0.1, 0.15) is 112 Å². The third-order valence-electron chi connectivity index (χ3n) is 7.65. The molecule has 0 aromatic heterocycles. The average molecular weight is 433 g/mol. The maximum Gasteiger partial charge on any atom is 0.335 e. The van der Waals surface area contributed by atoms with Crippen molar-refractivity contribution >= 4 is 17.6 Å². The summed E-state index contributed by atoms with van der Waals surface area (Å²) < 4.78 is 0. The fourth-order valence-electron chi connectivity index (χ4n) is 4.89.